The van der Waals surface area contributed by atoms with Crippen molar-refractivity contribution in [3.05, 3.63) is 0 Å². The molecule has 5 nitrogen and oxygen atoms in total. The van der Waals surface area contributed by atoms with Gasteiger partial charge in [0.15, 0.2) is 0 Å². The first-order valence-electron chi connectivity index (χ1n) is 7.46. The first-order chi connectivity index (χ1) is 9.43. The first kappa shape index (κ1) is 17.3. The van der Waals surface area contributed by atoms with Crippen LogP contribution in [0.5, 0.6) is 0 Å². The molecule has 0 aromatic heterocycles. The zero-order valence-corrected chi connectivity index (χ0v) is 13.7. The zero-order chi connectivity index (χ0) is 15.1. The molecule has 0 aromatic rings. The minimum Gasteiger partial charge on any atom is -0.392 e. The van der Waals surface area contributed by atoms with E-state index in [0.717, 1.165) is 39.1 Å². The Morgan fingerprint density at radius 1 is 1.30 bits per heavy atom. The summed E-state index contributed by atoms with van der Waals surface area (Å²) >= 11 is 5.11. The molecule has 116 valence electrons. The number of hydrogen-bond acceptors (Lipinski definition) is 4. The molecule has 1 unspecified atom stereocenters. The molecule has 0 bridgehead atoms. The third-order valence-electron chi connectivity index (χ3n) is 3.64. The van der Waals surface area contributed by atoms with Gasteiger partial charge in [-0.2, -0.15) is 0 Å². The van der Waals surface area contributed by atoms with Crippen molar-refractivity contribution in [1.29, 1.82) is 0 Å². The van der Waals surface area contributed by atoms with E-state index < -0.39 is 0 Å². The van der Waals surface area contributed by atoms with Crippen molar-refractivity contribution in [2.24, 2.45) is 11.7 Å². The lowest BCUT2D eigenvalue weighted by molar-refractivity contribution is -0.122. The van der Waals surface area contributed by atoms with Crippen molar-refractivity contribution in [3.63, 3.8) is 0 Å². The van der Waals surface area contributed by atoms with Crippen molar-refractivity contribution in [3.8, 4) is 0 Å². The maximum absolute atomic E-state index is 11.8. The molecular weight excluding hydrogens is 272 g/mol. The van der Waals surface area contributed by atoms with Crippen LogP contribution in [0.3, 0.4) is 0 Å². The number of amides is 1. The number of rotatable bonds is 7. The normalized spacial score (nSPS) is 19.0. The first-order valence-corrected chi connectivity index (χ1v) is 7.87. The van der Waals surface area contributed by atoms with Gasteiger partial charge < -0.3 is 11.1 Å². The SMILES string of the molecule is CCC(C(N)=S)N1CCN(CC(=O)NCC(C)C)CC1. The molecule has 1 rings (SSSR count). The zero-order valence-electron chi connectivity index (χ0n) is 12.9. The van der Waals surface area contributed by atoms with Gasteiger partial charge in [0.05, 0.1) is 17.6 Å². The molecule has 1 fully saturated rings. The minimum absolute atomic E-state index is 0.119. The summed E-state index contributed by atoms with van der Waals surface area (Å²) in [6.07, 6.45) is 0.949. The average molecular weight is 300 g/mol. The van der Waals surface area contributed by atoms with E-state index in [2.05, 4.69) is 35.9 Å². The second kappa shape index (κ2) is 8.54. The Hall–Kier alpha value is -0.720. The van der Waals surface area contributed by atoms with Crippen molar-refractivity contribution in [1.82, 2.24) is 15.1 Å². The summed E-state index contributed by atoms with van der Waals surface area (Å²) in [6.45, 7) is 11.2. The Bertz CT molecular complexity index is 327. The predicted octanol–water partition coefficient (Wildman–Crippen LogP) is 0.441. The van der Waals surface area contributed by atoms with Gasteiger partial charge in [0.25, 0.3) is 0 Å². The lowest BCUT2D eigenvalue weighted by atomic mass is 10.1. The molecule has 0 aromatic carbocycles. The number of thiocarbonyl (C=S) groups is 1. The standard InChI is InChI=1S/C14H28N4OS/c1-4-12(14(15)20)18-7-5-17(6-8-18)10-13(19)16-9-11(2)3/h11-12H,4-10H2,1-3H3,(H2,15,20)(H,16,19). The van der Waals surface area contributed by atoms with Crippen LogP contribution in [0.2, 0.25) is 0 Å². The Balaban J connectivity index is 2.31. The maximum Gasteiger partial charge on any atom is 0.234 e. The van der Waals surface area contributed by atoms with E-state index >= 15 is 0 Å². The molecule has 1 heterocycles. The molecule has 0 aliphatic carbocycles. The summed E-state index contributed by atoms with van der Waals surface area (Å²) < 4.78 is 0. The van der Waals surface area contributed by atoms with E-state index in [1.807, 2.05) is 0 Å². The second-order valence-electron chi connectivity index (χ2n) is 5.84. The van der Waals surface area contributed by atoms with E-state index in [1.54, 1.807) is 0 Å². The molecule has 1 atom stereocenters. The van der Waals surface area contributed by atoms with Crippen molar-refractivity contribution < 1.29 is 4.79 Å². The summed E-state index contributed by atoms with van der Waals surface area (Å²) in [6, 6.07) is 0.196. The fraction of sp³-hybridized carbons (Fsp3) is 0.857. The Kier molecular flexibility index (Phi) is 7.40. The van der Waals surface area contributed by atoms with Crippen LogP contribution in [-0.4, -0.2) is 66.0 Å². The van der Waals surface area contributed by atoms with Gasteiger partial charge in [0, 0.05) is 32.7 Å². The van der Waals surface area contributed by atoms with Gasteiger partial charge in [-0.1, -0.05) is 33.0 Å². The topological polar surface area (TPSA) is 61.6 Å². The number of hydrogen-bond donors (Lipinski definition) is 2. The third kappa shape index (κ3) is 5.73. The smallest absolute Gasteiger partial charge is 0.234 e. The quantitative estimate of drug-likeness (QED) is 0.668. The summed E-state index contributed by atoms with van der Waals surface area (Å²) in [5.74, 6) is 0.611. The van der Waals surface area contributed by atoms with Gasteiger partial charge in [-0.3, -0.25) is 14.6 Å². The van der Waals surface area contributed by atoms with Crippen LogP contribution in [0.25, 0.3) is 0 Å². The highest BCUT2D eigenvalue weighted by molar-refractivity contribution is 7.80. The van der Waals surface area contributed by atoms with E-state index in [-0.39, 0.29) is 11.9 Å². The Morgan fingerprint density at radius 3 is 2.35 bits per heavy atom. The number of nitrogens with two attached hydrogens (primary N) is 1. The van der Waals surface area contributed by atoms with Gasteiger partial charge in [-0.15, -0.1) is 0 Å². The van der Waals surface area contributed by atoms with E-state index in [9.17, 15) is 4.79 Å². The molecule has 6 heteroatoms. The number of piperazine rings is 1. The number of carbonyl (C=O) groups is 1. The lowest BCUT2D eigenvalue weighted by Gasteiger charge is -2.38. The highest BCUT2D eigenvalue weighted by atomic mass is 32.1. The minimum atomic E-state index is 0.119. The fourth-order valence-corrected chi connectivity index (χ4v) is 2.77. The number of carbonyl (C=O) groups excluding carboxylic acids is 1. The molecule has 0 radical (unpaired) electrons. The van der Waals surface area contributed by atoms with Crippen LogP contribution in [0.1, 0.15) is 27.2 Å². The molecule has 20 heavy (non-hydrogen) atoms. The summed E-state index contributed by atoms with van der Waals surface area (Å²) in [4.78, 5) is 16.9. The van der Waals surface area contributed by atoms with Crippen LogP contribution in [0.15, 0.2) is 0 Å². The summed E-state index contributed by atoms with van der Waals surface area (Å²) in [7, 11) is 0. The highest BCUT2D eigenvalue weighted by Crippen LogP contribution is 2.09. The number of nitrogens with one attached hydrogen (secondary N) is 1. The largest absolute Gasteiger partial charge is 0.392 e. The summed E-state index contributed by atoms with van der Waals surface area (Å²) in [5.41, 5.74) is 5.77. The molecule has 0 spiro atoms. The molecule has 1 amide bonds. The van der Waals surface area contributed by atoms with E-state index in [0.29, 0.717) is 17.5 Å². The van der Waals surface area contributed by atoms with E-state index in [4.69, 9.17) is 18.0 Å². The van der Waals surface area contributed by atoms with Crippen LogP contribution in [0, 0.1) is 5.92 Å². The van der Waals surface area contributed by atoms with Gasteiger partial charge in [0.1, 0.15) is 0 Å². The van der Waals surface area contributed by atoms with Crippen LogP contribution < -0.4 is 11.1 Å². The van der Waals surface area contributed by atoms with Crippen molar-refractivity contribution in [2.75, 3.05) is 39.3 Å². The summed E-state index contributed by atoms with van der Waals surface area (Å²) in [5, 5.41) is 2.96. The molecule has 0 saturated carbocycles. The third-order valence-corrected chi connectivity index (χ3v) is 3.91. The van der Waals surface area contributed by atoms with Gasteiger partial charge in [0.2, 0.25) is 5.91 Å². The Labute approximate surface area is 127 Å². The van der Waals surface area contributed by atoms with Crippen molar-refractivity contribution >= 4 is 23.1 Å². The monoisotopic (exact) mass is 300 g/mol. The van der Waals surface area contributed by atoms with Crippen LogP contribution >= 0.6 is 12.2 Å². The Morgan fingerprint density at radius 2 is 1.90 bits per heavy atom. The molecule has 1 saturated heterocycles. The van der Waals surface area contributed by atoms with Gasteiger partial charge in [-0.25, -0.2) is 0 Å². The maximum atomic E-state index is 11.8. The molecule has 3 N–H and O–H groups in total. The lowest BCUT2D eigenvalue weighted by Crippen LogP contribution is -2.54. The van der Waals surface area contributed by atoms with Crippen molar-refractivity contribution in [2.45, 2.75) is 33.2 Å². The van der Waals surface area contributed by atoms with E-state index in [1.165, 1.54) is 0 Å². The van der Waals surface area contributed by atoms with Crippen LogP contribution in [-0.2, 0) is 4.79 Å². The fourth-order valence-electron chi connectivity index (χ4n) is 2.45. The molecule has 1 aliphatic rings. The highest BCUT2D eigenvalue weighted by Gasteiger charge is 2.25. The molecular formula is C14H28N4OS. The second-order valence-corrected chi connectivity index (χ2v) is 6.31. The molecule has 1 aliphatic heterocycles. The average Bonchev–Trinajstić information content (AvgIpc) is 2.39. The number of nitrogens with zero attached hydrogens (tertiary/aromatic N) is 2. The van der Waals surface area contributed by atoms with Gasteiger partial charge in [-0.05, 0) is 12.3 Å². The predicted molar refractivity (Wildman–Crippen MR) is 86.7 cm³/mol. The van der Waals surface area contributed by atoms with Crippen LogP contribution in [0.4, 0.5) is 0 Å². The van der Waals surface area contributed by atoms with Gasteiger partial charge >= 0.3 is 0 Å².